The fourth-order valence-electron chi connectivity index (χ4n) is 1.59. The topological polar surface area (TPSA) is 70.9 Å². The van der Waals surface area contributed by atoms with E-state index in [0.717, 1.165) is 5.56 Å². The minimum atomic E-state index is -0.745. The molecule has 0 radical (unpaired) electrons. The fraction of sp³-hybridized carbons (Fsp3) is 0.231. The van der Waals surface area contributed by atoms with E-state index in [0.29, 0.717) is 13.0 Å². The van der Waals surface area contributed by atoms with Crippen LogP contribution in [0.15, 0.2) is 46.6 Å². The van der Waals surface area contributed by atoms with Gasteiger partial charge in [0.05, 0.1) is 0 Å². The molecule has 1 unspecified atom stereocenters. The van der Waals surface area contributed by atoms with Crippen LogP contribution < -0.4 is 5.32 Å². The Labute approximate surface area is 109 Å². The van der Waals surface area contributed by atoms with Crippen molar-refractivity contribution in [1.82, 2.24) is 5.32 Å². The van der Waals surface area contributed by atoms with Gasteiger partial charge in [-0.3, -0.25) is 9.59 Å². The molecule has 1 aliphatic rings. The Kier molecular flexibility index (Phi) is 4.12. The molecular formula is C13H12FN3O2. The van der Waals surface area contributed by atoms with Gasteiger partial charge in [-0.15, -0.1) is 5.11 Å². The minimum Gasteiger partial charge on any atom is -0.354 e. The molecular weight excluding hydrogens is 249 g/mol. The van der Waals surface area contributed by atoms with E-state index in [2.05, 4.69) is 15.5 Å². The van der Waals surface area contributed by atoms with E-state index in [4.69, 9.17) is 0 Å². The van der Waals surface area contributed by atoms with Crippen LogP contribution in [0.4, 0.5) is 4.39 Å². The van der Waals surface area contributed by atoms with Crippen LogP contribution in [-0.2, 0) is 16.0 Å². The van der Waals surface area contributed by atoms with Crippen molar-refractivity contribution in [2.45, 2.75) is 12.5 Å². The SMILES string of the molecule is O=C1C=CC(C(=O)NCCc2ccc(F)cc2)N=N1. The number of azo groups is 1. The second-order valence-electron chi connectivity index (χ2n) is 4.03. The molecule has 1 heterocycles. The number of rotatable bonds is 4. The van der Waals surface area contributed by atoms with Gasteiger partial charge in [0.25, 0.3) is 11.8 Å². The van der Waals surface area contributed by atoms with Gasteiger partial charge in [0.1, 0.15) is 5.82 Å². The van der Waals surface area contributed by atoms with Crippen molar-refractivity contribution in [3.05, 3.63) is 47.8 Å². The van der Waals surface area contributed by atoms with Crippen LogP contribution >= 0.6 is 0 Å². The summed E-state index contributed by atoms with van der Waals surface area (Å²) in [5, 5.41) is 9.56. The highest BCUT2D eigenvalue weighted by Gasteiger charge is 2.17. The van der Waals surface area contributed by atoms with E-state index in [9.17, 15) is 14.0 Å². The first kappa shape index (κ1) is 13.1. The van der Waals surface area contributed by atoms with Crippen LogP contribution in [0.25, 0.3) is 0 Å². The molecule has 1 aliphatic heterocycles. The van der Waals surface area contributed by atoms with Crippen LogP contribution in [0.2, 0.25) is 0 Å². The Balaban J connectivity index is 1.78. The molecule has 19 heavy (non-hydrogen) atoms. The molecule has 1 N–H and O–H groups in total. The third kappa shape index (κ3) is 3.80. The summed E-state index contributed by atoms with van der Waals surface area (Å²) in [4.78, 5) is 22.4. The van der Waals surface area contributed by atoms with E-state index < -0.39 is 11.9 Å². The maximum Gasteiger partial charge on any atom is 0.287 e. The lowest BCUT2D eigenvalue weighted by molar-refractivity contribution is -0.121. The summed E-state index contributed by atoms with van der Waals surface area (Å²) in [6, 6.07) is 5.34. The summed E-state index contributed by atoms with van der Waals surface area (Å²) >= 11 is 0. The lowest BCUT2D eigenvalue weighted by Gasteiger charge is -2.09. The van der Waals surface area contributed by atoms with Crippen molar-refractivity contribution in [1.29, 1.82) is 0 Å². The van der Waals surface area contributed by atoms with Gasteiger partial charge in [0, 0.05) is 12.6 Å². The molecule has 0 saturated heterocycles. The first-order valence-electron chi connectivity index (χ1n) is 5.80. The molecule has 98 valence electrons. The monoisotopic (exact) mass is 261 g/mol. The largest absolute Gasteiger partial charge is 0.354 e. The number of nitrogens with one attached hydrogen (secondary N) is 1. The average molecular weight is 261 g/mol. The fourth-order valence-corrected chi connectivity index (χ4v) is 1.59. The molecule has 0 fully saturated rings. The van der Waals surface area contributed by atoms with E-state index in [1.165, 1.54) is 24.3 Å². The molecule has 2 amide bonds. The third-order valence-electron chi connectivity index (χ3n) is 2.60. The number of carbonyl (C=O) groups is 2. The van der Waals surface area contributed by atoms with Crippen LogP contribution in [0.1, 0.15) is 5.56 Å². The summed E-state index contributed by atoms with van der Waals surface area (Å²) in [5.74, 6) is -1.06. The van der Waals surface area contributed by atoms with Gasteiger partial charge in [-0.25, -0.2) is 4.39 Å². The summed E-state index contributed by atoms with van der Waals surface area (Å²) < 4.78 is 12.7. The highest BCUT2D eigenvalue weighted by Crippen LogP contribution is 2.04. The van der Waals surface area contributed by atoms with Crippen molar-refractivity contribution < 1.29 is 14.0 Å². The molecule has 1 atom stereocenters. The van der Waals surface area contributed by atoms with Gasteiger partial charge in [-0.1, -0.05) is 12.1 Å². The molecule has 0 bridgehead atoms. The molecule has 2 rings (SSSR count). The van der Waals surface area contributed by atoms with E-state index in [-0.39, 0.29) is 11.7 Å². The normalized spacial score (nSPS) is 17.5. The van der Waals surface area contributed by atoms with Crippen LogP contribution in [0.5, 0.6) is 0 Å². The average Bonchev–Trinajstić information content (AvgIpc) is 2.41. The van der Waals surface area contributed by atoms with Crippen LogP contribution in [0.3, 0.4) is 0 Å². The summed E-state index contributed by atoms with van der Waals surface area (Å²) in [6.07, 6.45) is 3.22. The standard InChI is InChI=1S/C13H12FN3O2/c14-10-3-1-9(2-4-10)7-8-15-13(19)11-5-6-12(18)17-16-11/h1-6,11H,7-8H2,(H,15,19). The van der Waals surface area contributed by atoms with E-state index >= 15 is 0 Å². The number of amides is 2. The second-order valence-corrected chi connectivity index (χ2v) is 4.03. The van der Waals surface area contributed by atoms with Crippen molar-refractivity contribution in [3.63, 3.8) is 0 Å². The van der Waals surface area contributed by atoms with Gasteiger partial charge >= 0.3 is 0 Å². The smallest absolute Gasteiger partial charge is 0.287 e. The number of carbonyl (C=O) groups excluding carboxylic acids is 2. The molecule has 0 aliphatic carbocycles. The Morgan fingerprint density at radius 1 is 1.32 bits per heavy atom. The Bertz CT molecular complexity index is 521. The summed E-state index contributed by atoms with van der Waals surface area (Å²) in [6.45, 7) is 0.415. The highest BCUT2D eigenvalue weighted by atomic mass is 19.1. The molecule has 5 nitrogen and oxygen atoms in total. The summed E-state index contributed by atoms with van der Waals surface area (Å²) in [5.41, 5.74) is 0.928. The maximum absolute atomic E-state index is 12.7. The molecule has 1 aromatic carbocycles. The Morgan fingerprint density at radius 2 is 2.05 bits per heavy atom. The van der Waals surface area contributed by atoms with Crippen molar-refractivity contribution >= 4 is 11.8 Å². The molecule has 0 aromatic heterocycles. The molecule has 1 aromatic rings. The highest BCUT2D eigenvalue weighted by molar-refractivity contribution is 5.92. The lowest BCUT2D eigenvalue weighted by atomic mass is 10.1. The van der Waals surface area contributed by atoms with E-state index in [1.54, 1.807) is 12.1 Å². The number of nitrogens with zero attached hydrogens (tertiary/aromatic N) is 2. The number of hydrogen-bond acceptors (Lipinski definition) is 3. The Morgan fingerprint density at radius 3 is 2.68 bits per heavy atom. The first-order chi connectivity index (χ1) is 9.15. The van der Waals surface area contributed by atoms with Gasteiger partial charge in [-0.2, -0.15) is 5.11 Å². The van der Waals surface area contributed by atoms with E-state index in [1.807, 2.05) is 0 Å². The third-order valence-corrected chi connectivity index (χ3v) is 2.60. The predicted molar refractivity (Wildman–Crippen MR) is 65.9 cm³/mol. The van der Waals surface area contributed by atoms with Gasteiger partial charge in [-0.05, 0) is 30.2 Å². The number of benzene rings is 1. The van der Waals surface area contributed by atoms with Crippen molar-refractivity contribution in [2.24, 2.45) is 10.2 Å². The Hall–Kier alpha value is -2.37. The second kappa shape index (κ2) is 5.99. The molecule has 6 heteroatoms. The zero-order valence-corrected chi connectivity index (χ0v) is 10.0. The summed E-state index contributed by atoms with van der Waals surface area (Å²) in [7, 11) is 0. The zero-order valence-electron chi connectivity index (χ0n) is 10.0. The quantitative estimate of drug-likeness (QED) is 0.890. The van der Waals surface area contributed by atoms with Crippen LogP contribution in [-0.4, -0.2) is 24.4 Å². The van der Waals surface area contributed by atoms with Crippen molar-refractivity contribution in [3.8, 4) is 0 Å². The minimum absolute atomic E-state index is 0.287. The zero-order chi connectivity index (χ0) is 13.7. The molecule has 0 saturated carbocycles. The molecule has 0 spiro atoms. The van der Waals surface area contributed by atoms with Gasteiger partial charge < -0.3 is 5.32 Å². The predicted octanol–water partition coefficient (Wildman–Crippen LogP) is 1.40. The first-order valence-corrected chi connectivity index (χ1v) is 5.80. The number of hydrogen-bond donors (Lipinski definition) is 1. The van der Waals surface area contributed by atoms with Crippen molar-refractivity contribution in [2.75, 3.05) is 6.54 Å². The number of halogens is 1. The lowest BCUT2D eigenvalue weighted by Crippen LogP contribution is -2.34. The van der Waals surface area contributed by atoms with Gasteiger partial charge in [0.2, 0.25) is 0 Å². The van der Waals surface area contributed by atoms with Gasteiger partial charge in [0.15, 0.2) is 6.04 Å². The van der Waals surface area contributed by atoms with Crippen LogP contribution in [0, 0.1) is 5.82 Å². The maximum atomic E-state index is 12.7.